The third-order valence-corrected chi connectivity index (χ3v) is 9.30. The van der Waals surface area contributed by atoms with E-state index in [1.807, 2.05) is 37.3 Å². The molecule has 4 aliphatic rings. The standard InChI is InChI=1S/C30H35ClN4O2/c1-18-28(30(36)32-11-3-4-26-22-13-19-12-20(15-22)16-23(26)14-19)34-35(25-9-10-27(37-2)33-17-25)29(18)21-5-7-24(31)8-6-21/h5-10,17,19-20,22-23,26H,3-4,11-16H2,1-2H3,(H,32,36). The van der Waals surface area contributed by atoms with Crippen LogP contribution in [-0.4, -0.2) is 34.3 Å². The van der Waals surface area contributed by atoms with Crippen LogP contribution in [0.5, 0.6) is 5.88 Å². The van der Waals surface area contributed by atoms with E-state index >= 15 is 0 Å². The van der Waals surface area contributed by atoms with Crippen molar-refractivity contribution in [3.05, 3.63) is 58.9 Å². The van der Waals surface area contributed by atoms with E-state index in [1.54, 1.807) is 24.1 Å². The summed E-state index contributed by atoms with van der Waals surface area (Å²) < 4.78 is 7.00. The third-order valence-electron chi connectivity index (χ3n) is 9.05. The maximum Gasteiger partial charge on any atom is 0.272 e. The van der Waals surface area contributed by atoms with E-state index < -0.39 is 0 Å². The van der Waals surface area contributed by atoms with Gasteiger partial charge in [0.2, 0.25) is 5.88 Å². The summed E-state index contributed by atoms with van der Waals surface area (Å²) in [7, 11) is 1.59. The molecule has 0 spiro atoms. The van der Waals surface area contributed by atoms with Crippen molar-refractivity contribution >= 4 is 17.5 Å². The highest BCUT2D eigenvalue weighted by Crippen LogP contribution is 2.57. The van der Waals surface area contributed by atoms with Gasteiger partial charge in [0.15, 0.2) is 5.69 Å². The van der Waals surface area contributed by atoms with Gasteiger partial charge in [-0.2, -0.15) is 5.10 Å². The lowest BCUT2D eigenvalue weighted by molar-refractivity contribution is -0.0401. The average molecular weight is 519 g/mol. The van der Waals surface area contributed by atoms with Gasteiger partial charge < -0.3 is 10.1 Å². The minimum Gasteiger partial charge on any atom is -0.481 e. The number of ether oxygens (including phenoxy) is 1. The molecule has 4 bridgehead atoms. The molecule has 4 fully saturated rings. The molecule has 1 aromatic carbocycles. The molecule has 3 aromatic rings. The van der Waals surface area contributed by atoms with Crippen LogP contribution < -0.4 is 10.1 Å². The Morgan fingerprint density at radius 3 is 2.38 bits per heavy atom. The molecule has 0 aliphatic heterocycles. The topological polar surface area (TPSA) is 69.0 Å². The summed E-state index contributed by atoms with van der Waals surface area (Å²) in [5, 5.41) is 8.58. The van der Waals surface area contributed by atoms with Gasteiger partial charge in [-0.05, 0) is 99.7 Å². The minimum absolute atomic E-state index is 0.127. The summed E-state index contributed by atoms with van der Waals surface area (Å²) in [5.41, 5.74) is 3.82. The zero-order valence-electron chi connectivity index (χ0n) is 21.6. The predicted octanol–water partition coefficient (Wildman–Crippen LogP) is 6.49. The van der Waals surface area contributed by atoms with Gasteiger partial charge >= 0.3 is 0 Å². The SMILES string of the molecule is COc1ccc(-n2nc(C(=O)NCCCC3C4CC5CC(C4)CC3C5)c(C)c2-c2ccc(Cl)cc2)cn1. The second-order valence-corrected chi connectivity index (χ2v) is 11.7. The van der Waals surface area contributed by atoms with Crippen molar-refractivity contribution in [2.75, 3.05) is 13.7 Å². The number of hydrogen-bond donors (Lipinski definition) is 1. The molecule has 2 aromatic heterocycles. The van der Waals surface area contributed by atoms with Gasteiger partial charge in [0.25, 0.3) is 5.91 Å². The Hall–Kier alpha value is -2.86. The van der Waals surface area contributed by atoms with Crippen LogP contribution in [0.4, 0.5) is 0 Å². The molecule has 6 nitrogen and oxygen atoms in total. The van der Waals surface area contributed by atoms with Crippen molar-refractivity contribution in [1.82, 2.24) is 20.1 Å². The van der Waals surface area contributed by atoms with E-state index in [-0.39, 0.29) is 5.91 Å². The lowest BCUT2D eigenvalue weighted by Gasteiger charge is -2.54. The predicted molar refractivity (Wildman–Crippen MR) is 145 cm³/mol. The molecule has 194 valence electrons. The van der Waals surface area contributed by atoms with Crippen LogP contribution >= 0.6 is 11.6 Å². The number of pyridine rings is 1. The van der Waals surface area contributed by atoms with Crippen molar-refractivity contribution in [2.45, 2.75) is 51.9 Å². The van der Waals surface area contributed by atoms with Crippen LogP contribution in [-0.2, 0) is 0 Å². The van der Waals surface area contributed by atoms with E-state index in [0.717, 1.165) is 58.5 Å². The van der Waals surface area contributed by atoms with Gasteiger partial charge in [-0.3, -0.25) is 4.79 Å². The first-order chi connectivity index (χ1) is 18.0. The van der Waals surface area contributed by atoms with Gasteiger partial charge in [0.1, 0.15) is 0 Å². The fraction of sp³-hybridized carbons (Fsp3) is 0.500. The molecule has 0 atom stereocenters. The van der Waals surface area contributed by atoms with Crippen LogP contribution in [0.25, 0.3) is 16.9 Å². The monoisotopic (exact) mass is 518 g/mol. The highest BCUT2D eigenvalue weighted by atomic mass is 35.5. The van der Waals surface area contributed by atoms with Gasteiger partial charge in [0, 0.05) is 28.8 Å². The number of rotatable bonds is 8. The number of methoxy groups -OCH3 is 1. The number of nitrogens with one attached hydrogen (secondary N) is 1. The molecule has 0 radical (unpaired) electrons. The van der Waals surface area contributed by atoms with Crippen molar-refractivity contribution < 1.29 is 9.53 Å². The highest BCUT2D eigenvalue weighted by molar-refractivity contribution is 6.30. The van der Waals surface area contributed by atoms with E-state index in [9.17, 15) is 4.79 Å². The van der Waals surface area contributed by atoms with Gasteiger partial charge in [-0.15, -0.1) is 0 Å². The molecule has 1 N–H and O–H groups in total. The number of carbonyl (C=O) groups excluding carboxylic acids is 1. The van der Waals surface area contributed by atoms with Crippen molar-refractivity contribution in [1.29, 1.82) is 0 Å². The van der Waals surface area contributed by atoms with Gasteiger partial charge in [0.05, 0.1) is 24.7 Å². The fourth-order valence-electron chi connectivity index (χ4n) is 7.60. The first kappa shape index (κ1) is 24.5. The quantitative estimate of drug-likeness (QED) is 0.346. The smallest absolute Gasteiger partial charge is 0.272 e. The number of hydrogen-bond acceptors (Lipinski definition) is 4. The molecular formula is C30H35ClN4O2. The third kappa shape index (κ3) is 4.76. The second-order valence-electron chi connectivity index (χ2n) is 11.3. The molecule has 7 rings (SSSR count). The Morgan fingerprint density at radius 1 is 1.05 bits per heavy atom. The average Bonchev–Trinajstić information content (AvgIpc) is 3.25. The maximum atomic E-state index is 13.3. The van der Waals surface area contributed by atoms with E-state index in [4.69, 9.17) is 21.4 Å². The maximum absolute atomic E-state index is 13.3. The lowest BCUT2D eigenvalue weighted by Crippen LogP contribution is -2.45. The summed E-state index contributed by atoms with van der Waals surface area (Å²) in [6, 6.07) is 11.3. The summed E-state index contributed by atoms with van der Waals surface area (Å²) in [5.74, 6) is 5.15. The van der Waals surface area contributed by atoms with Crippen molar-refractivity contribution in [2.24, 2.45) is 29.6 Å². The van der Waals surface area contributed by atoms with Crippen LogP contribution in [0.3, 0.4) is 0 Å². The molecule has 7 heteroatoms. The van der Waals surface area contributed by atoms with Crippen LogP contribution in [0.2, 0.25) is 5.02 Å². The molecule has 2 heterocycles. The zero-order valence-corrected chi connectivity index (χ0v) is 22.4. The van der Waals surface area contributed by atoms with Crippen LogP contribution in [0, 0.1) is 36.5 Å². The first-order valence-corrected chi connectivity index (χ1v) is 14.0. The van der Waals surface area contributed by atoms with Crippen LogP contribution in [0.15, 0.2) is 42.6 Å². The Labute approximate surface area is 223 Å². The summed E-state index contributed by atoms with van der Waals surface area (Å²) in [4.78, 5) is 17.6. The number of benzene rings is 1. The minimum atomic E-state index is -0.127. The summed E-state index contributed by atoms with van der Waals surface area (Å²) >= 11 is 6.14. The molecular weight excluding hydrogens is 484 g/mol. The van der Waals surface area contributed by atoms with E-state index in [0.29, 0.717) is 23.1 Å². The number of carbonyl (C=O) groups is 1. The molecule has 4 aliphatic carbocycles. The second kappa shape index (κ2) is 10.1. The number of aromatic nitrogens is 3. The highest BCUT2D eigenvalue weighted by Gasteiger charge is 2.47. The lowest BCUT2D eigenvalue weighted by atomic mass is 9.51. The Balaban J connectivity index is 1.17. The van der Waals surface area contributed by atoms with Gasteiger partial charge in [-0.1, -0.05) is 23.7 Å². The van der Waals surface area contributed by atoms with Crippen LogP contribution in [0.1, 0.15) is 61.0 Å². The first-order valence-electron chi connectivity index (χ1n) is 13.6. The van der Waals surface area contributed by atoms with Crippen molar-refractivity contribution in [3.8, 4) is 22.8 Å². The van der Waals surface area contributed by atoms with E-state index in [1.165, 1.54) is 38.5 Å². The van der Waals surface area contributed by atoms with Gasteiger partial charge in [-0.25, -0.2) is 9.67 Å². The number of halogens is 1. The number of nitrogens with zero attached hydrogens (tertiary/aromatic N) is 3. The molecule has 0 unspecified atom stereocenters. The molecule has 0 saturated heterocycles. The fourth-order valence-corrected chi connectivity index (χ4v) is 7.72. The molecule has 37 heavy (non-hydrogen) atoms. The Bertz CT molecular complexity index is 1240. The summed E-state index contributed by atoms with van der Waals surface area (Å²) in [6.45, 7) is 2.64. The van der Waals surface area contributed by atoms with E-state index in [2.05, 4.69) is 10.3 Å². The normalized spacial score (nSPS) is 25.9. The Kier molecular flexibility index (Phi) is 6.70. The Morgan fingerprint density at radius 2 is 1.76 bits per heavy atom. The molecule has 4 saturated carbocycles. The summed E-state index contributed by atoms with van der Waals surface area (Å²) in [6.07, 6.45) is 11.3. The van der Waals surface area contributed by atoms with Crippen molar-refractivity contribution in [3.63, 3.8) is 0 Å². The largest absolute Gasteiger partial charge is 0.481 e. The molecule has 1 amide bonds. The number of amides is 1. The zero-order chi connectivity index (χ0) is 25.5.